The van der Waals surface area contributed by atoms with Crippen molar-refractivity contribution in [2.45, 2.75) is 35.2 Å². The predicted molar refractivity (Wildman–Crippen MR) is 111 cm³/mol. The number of likely N-dealkylation sites (tertiary alicyclic amines) is 1. The van der Waals surface area contributed by atoms with Gasteiger partial charge in [0, 0.05) is 0 Å². The van der Waals surface area contributed by atoms with Crippen molar-refractivity contribution in [3.63, 3.8) is 0 Å². The van der Waals surface area contributed by atoms with Gasteiger partial charge in [-0.3, -0.25) is 0 Å². The fraction of sp³-hybridized carbons (Fsp3) is 0.417. The van der Waals surface area contributed by atoms with Crippen molar-refractivity contribution in [2.24, 2.45) is 5.92 Å². The van der Waals surface area contributed by atoms with Crippen LogP contribution in [0.15, 0.2) is 54.6 Å². The number of benzene rings is 2. The van der Waals surface area contributed by atoms with Gasteiger partial charge in [0.15, 0.2) is 0 Å². The Morgan fingerprint density at radius 3 is 2.76 bits per heavy atom. The fourth-order valence-electron chi connectivity index (χ4n) is 6.27. The van der Waals surface area contributed by atoms with Crippen LogP contribution in [0.4, 0.5) is 0 Å². The number of piperidine rings is 1. The summed E-state index contributed by atoms with van der Waals surface area (Å²) in [5.74, 6) is 2.54. The van der Waals surface area contributed by atoms with Crippen LogP contribution in [0.1, 0.15) is 17.5 Å². The molecule has 0 radical (unpaired) electrons. The predicted octanol–water partition coefficient (Wildman–Crippen LogP) is -1.45. The summed E-state index contributed by atoms with van der Waals surface area (Å²) >= 11 is 0.362. The summed E-state index contributed by atoms with van der Waals surface area (Å²) in [6.45, 7) is 1.23. The molecule has 6 rings (SSSR count). The van der Waals surface area contributed by atoms with Crippen molar-refractivity contribution in [3.05, 3.63) is 65.7 Å². The summed E-state index contributed by atoms with van der Waals surface area (Å²) in [5.41, 5.74) is 3.13. The first-order chi connectivity index (χ1) is 13.7. The maximum atomic E-state index is 6.85. The zero-order valence-electron chi connectivity index (χ0n) is 16.7. The van der Waals surface area contributed by atoms with Crippen molar-refractivity contribution in [2.75, 3.05) is 20.7 Å². The molecule has 29 heavy (non-hydrogen) atoms. The van der Waals surface area contributed by atoms with Gasteiger partial charge in [0.25, 0.3) is 0 Å². The molecule has 2 bridgehead atoms. The van der Waals surface area contributed by atoms with Crippen LogP contribution < -0.4 is 31.2 Å². The molecule has 2 aliphatic carbocycles. The first-order valence-electron chi connectivity index (χ1n) is 10.3. The minimum atomic E-state index is 0. The van der Waals surface area contributed by atoms with E-state index in [0.717, 1.165) is 17.9 Å². The van der Waals surface area contributed by atoms with Crippen LogP contribution in [0, 0.1) is 5.92 Å². The second-order valence-corrected chi connectivity index (χ2v) is 11.3. The van der Waals surface area contributed by atoms with Crippen molar-refractivity contribution in [1.82, 2.24) is 0 Å². The van der Waals surface area contributed by atoms with E-state index in [4.69, 9.17) is 9.47 Å². The Hall–Kier alpha value is -1.45. The van der Waals surface area contributed by atoms with Crippen molar-refractivity contribution < 1.29 is 26.8 Å². The average molecular weight is 475 g/mol. The zero-order chi connectivity index (χ0) is 18.9. The topological polar surface area (TPSA) is 22.9 Å². The number of likely N-dealkylation sites (N-methyl/N-ethyl adjacent to an activating group) is 1. The zero-order valence-corrected chi connectivity index (χ0v) is 19.2. The molecule has 2 aromatic carbocycles. The number of methoxy groups -OCH3 is 1. The van der Waals surface area contributed by atoms with E-state index >= 15 is 0 Å². The molecule has 5 heteroatoms. The van der Waals surface area contributed by atoms with Gasteiger partial charge in [-0.2, -0.15) is 0 Å². The third-order valence-electron chi connectivity index (χ3n) is 7.50. The SMILES string of the molecule is COc1ccc2c3c1O[C@H]1[C@H]([Se]c4ccccc4)C=C[C@H]4[C@@H](C2)[NH+](C)CC[C@@]341.[Cl-]. The summed E-state index contributed by atoms with van der Waals surface area (Å²) in [7, 11) is 4.15. The first kappa shape index (κ1) is 19.5. The second kappa shape index (κ2) is 7.06. The van der Waals surface area contributed by atoms with Crippen LogP contribution in [0.25, 0.3) is 0 Å². The molecular weight excluding hydrogens is 449 g/mol. The van der Waals surface area contributed by atoms with Gasteiger partial charge in [0.2, 0.25) is 0 Å². The van der Waals surface area contributed by atoms with Crippen LogP contribution in [0.5, 0.6) is 11.5 Å². The Kier molecular flexibility index (Phi) is 4.75. The first-order valence-corrected chi connectivity index (χ1v) is 12.2. The fourth-order valence-corrected chi connectivity index (χ4v) is 8.83. The summed E-state index contributed by atoms with van der Waals surface area (Å²) in [6.07, 6.45) is 7.67. The number of hydrogen-bond acceptors (Lipinski definition) is 2. The number of quaternary nitrogens is 1. The minimum Gasteiger partial charge on any atom is -1.00 e. The van der Waals surface area contributed by atoms with E-state index in [9.17, 15) is 0 Å². The van der Waals surface area contributed by atoms with Crippen molar-refractivity contribution in [1.29, 1.82) is 0 Å². The molecule has 0 saturated carbocycles. The van der Waals surface area contributed by atoms with Gasteiger partial charge in [-0.05, 0) is 0 Å². The van der Waals surface area contributed by atoms with E-state index in [0.29, 0.717) is 31.7 Å². The third-order valence-corrected chi connectivity index (χ3v) is 10.1. The number of halogens is 1. The maximum absolute atomic E-state index is 6.85. The molecule has 0 amide bonds. The molecule has 4 aliphatic rings. The van der Waals surface area contributed by atoms with Gasteiger partial charge >= 0.3 is 173 Å². The average Bonchev–Trinajstić information content (AvgIpc) is 3.08. The maximum Gasteiger partial charge on any atom is -1.00 e. The molecule has 1 N–H and O–H groups in total. The van der Waals surface area contributed by atoms with E-state index in [1.165, 1.54) is 28.6 Å². The van der Waals surface area contributed by atoms with E-state index in [1.54, 1.807) is 12.0 Å². The molecule has 2 aromatic rings. The largest absolute Gasteiger partial charge is 1.00 e. The smallest absolute Gasteiger partial charge is 1.00 e. The summed E-state index contributed by atoms with van der Waals surface area (Å²) in [5, 5.41) is 0. The quantitative estimate of drug-likeness (QED) is 0.434. The van der Waals surface area contributed by atoms with Crippen molar-refractivity contribution in [3.8, 4) is 11.5 Å². The standard InChI is InChI=1S/C24H25NO2Se.ClH/c1-25-13-12-24-17-9-11-20(28-16-6-4-3-5-7-16)23(24)27-22-19(26-2)10-8-15(21(22)24)14-18(17)25;/h3-11,17-18,20,23H,12-14H2,1-2H3;1H/t17-,18+,20+,23-,24-;/m0./s1. The molecule has 3 nitrogen and oxygen atoms in total. The number of nitrogens with one attached hydrogen (secondary N) is 1. The third kappa shape index (κ3) is 2.59. The van der Waals surface area contributed by atoms with Crippen LogP contribution in [0.3, 0.4) is 0 Å². The number of hydrogen-bond donors (Lipinski definition) is 1. The summed E-state index contributed by atoms with van der Waals surface area (Å²) in [4.78, 5) is 2.15. The van der Waals surface area contributed by atoms with Gasteiger partial charge in [-0.25, -0.2) is 0 Å². The normalized spacial score (nSPS) is 35.3. The molecule has 2 aliphatic heterocycles. The van der Waals surface area contributed by atoms with E-state index in [-0.39, 0.29) is 23.9 Å². The van der Waals surface area contributed by atoms with Crippen LogP contribution in [0.2, 0.25) is 4.82 Å². The van der Waals surface area contributed by atoms with E-state index in [1.807, 2.05) is 0 Å². The Bertz CT molecular complexity index is 965. The Morgan fingerprint density at radius 2 is 1.97 bits per heavy atom. The minimum absolute atomic E-state index is 0. The van der Waals surface area contributed by atoms with Gasteiger partial charge in [-0.1, -0.05) is 0 Å². The second-order valence-electron chi connectivity index (χ2n) is 8.67. The Labute approximate surface area is 185 Å². The van der Waals surface area contributed by atoms with Crippen LogP contribution in [-0.2, 0) is 11.8 Å². The summed E-state index contributed by atoms with van der Waals surface area (Å²) < 4.78 is 14.0. The van der Waals surface area contributed by atoms with Gasteiger partial charge in [-0.15, -0.1) is 0 Å². The monoisotopic (exact) mass is 475 g/mol. The molecule has 1 fully saturated rings. The van der Waals surface area contributed by atoms with Gasteiger partial charge < -0.3 is 12.4 Å². The molecule has 0 aromatic heterocycles. The van der Waals surface area contributed by atoms with E-state index in [2.05, 4.69) is 61.7 Å². The summed E-state index contributed by atoms with van der Waals surface area (Å²) in [6, 6.07) is 16.1. The van der Waals surface area contributed by atoms with Gasteiger partial charge in [0.1, 0.15) is 0 Å². The Morgan fingerprint density at radius 1 is 1.14 bits per heavy atom. The number of rotatable bonds is 3. The molecule has 2 heterocycles. The molecule has 152 valence electrons. The van der Waals surface area contributed by atoms with E-state index < -0.39 is 0 Å². The molecule has 6 atom stereocenters. The van der Waals surface area contributed by atoms with Crippen LogP contribution in [-0.4, -0.2) is 47.8 Å². The van der Waals surface area contributed by atoms with Crippen molar-refractivity contribution >= 4 is 19.4 Å². The van der Waals surface area contributed by atoms with Crippen LogP contribution >= 0.6 is 0 Å². The molecule has 1 saturated heterocycles. The molecular formula is C24H26ClNO2Se. The molecule has 1 unspecified atom stereocenters. The Balaban J connectivity index is 0.00000181. The number of ether oxygens (including phenoxy) is 2. The van der Waals surface area contributed by atoms with Gasteiger partial charge in [0.05, 0.1) is 0 Å². The molecule has 1 spiro atoms.